The molecule has 2 N–H and O–H groups in total. The topological polar surface area (TPSA) is 88.8 Å². The first kappa shape index (κ1) is 25.7. The Kier molecular flexibility index (Phi) is 7.64. The fourth-order valence-electron chi connectivity index (χ4n) is 4.81. The smallest absolute Gasteiger partial charge is 0.257 e. The Bertz CT molecular complexity index is 1210. The lowest BCUT2D eigenvalue weighted by atomic mass is 9.85. The number of aromatic nitrogens is 1. The number of aldehydes is 1. The van der Waals surface area contributed by atoms with Crippen molar-refractivity contribution in [1.29, 1.82) is 0 Å². The van der Waals surface area contributed by atoms with Crippen molar-refractivity contribution in [2.75, 3.05) is 7.11 Å². The molecular weight excluding hydrogens is 430 g/mol. The van der Waals surface area contributed by atoms with Crippen molar-refractivity contribution >= 4 is 17.4 Å². The number of aliphatic hydroxyl groups is 1. The monoisotopic (exact) mass is 465 g/mol. The highest BCUT2D eigenvalue weighted by atomic mass is 16.5. The number of allylic oxidation sites excluding steroid dienone is 3. The van der Waals surface area contributed by atoms with Crippen LogP contribution in [0, 0.1) is 0 Å². The quantitative estimate of drug-likeness (QED) is 0.514. The van der Waals surface area contributed by atoms with E-state index in [1.54, 1.807) is 29.7 Å². The van der Waals surface area contributed by atoms with Crippen LogP contribution in [0.15, 0.2) is 41.2 Å². The van der Waals surface area contributed by atoms with Crippen molar-refractivity contribution in [1.82, 2.24) is 4.57 Å². The van der Waals surface area contributed by atoms with Crippen LogP contribution < -0.4 is 5.56 Å². The van der Waals surface area contributed by atoms with Crippen molar-refractivity contribution < 1.29 is 19.7 Å². The van der Waals surface area contributed by atoms with Gasteiger partial charge in [-0.05, 0) is 71.2 Å². The maximum Gasteiger partial charge on any atom is 0.257 e. The summed E-state index contributed by atoms with van der Waals surface area (Å²) in [5, 5.41) is 21.2. The van der Waals surface area contributed by atoms with E-state index in [2.05, 4.69) is 27.4 Å². The van der Waals surface area contributed by atoms with E-state index in [1.165, 1.54) is 7.11 Å². The third kappa shape index (κ3) is 4.28. The molecule has 2 unspecified atom stereocenters. The molecule has 2 aromatic rings. The average Bonchev–Trinajstić information content (AvgIpc) is 3.17. The largest absolute Gasteiger partial charge is 0.508 e. The van der Waals surface area contributed by atoms with E-state index in [0.29, 0.717) is 36.4 Å². The zero-order valence-electron chi connectivity index (χ0n) is 20.8. The van der Waals surface area contributed by atoms with Crippen LogP contribution in [-0.2, 0) is 28.3 Å². The molecule has 182 valence electrons. The summed E-state index contributed by atoms with van der Waals surface area (Å²) in [6.45, 7) is 12.7. The molecular formula is C28H35NO5. The summed E-state index contributed by atoms with van der Waals surface area (Å²) in [5.74, 6) is 0.486. The number of benzene rings is 1. The zero-order valence-corrected chi connectivity index (χ0v) is 20.8. The first-order valence-corrected chi connectivity index (χ1v) is 11.9. The Labute approximate surface area is 201 Å². The molecule has 6 nitrogen and oxygen atoms in total. The van der Waals surface area contributed by atoms with E-state index in [1.807, 2.05) is 6.07 Å². The number of hydrogen-bond acceptors (Lipinski definition) is 5. The Hall–Kier alpha value is -2.96. The van der Waals surface area contributed by atoms with E-state index in [9.17, 15) is 19.8 Å². The molecule has 0 aliphatic carbocycles. The first-order valence-electron chi connectivity index (χ1n) is 11.9. The van der Waals surface area contributed by atoms with Gasteiger partial charge in [0.2, 0.25) is 0 Å². The minimum absolute atomic E-state index is 0.0124. The predicted molar refractivity (Wildman–Crippen MR) is 135 cm³/mol. The maximum absolute atomic E-state index is 13.5. The Balaban J connectivity index is 2.29. The summed E-state index contributed by atoms with van der Waals surface area (Å²) >= 11 is 0. The van der Waals surface area contributed by atoms with Gasteiger partial charge >= 0.3 is 0 Å². The molecule has 1 aromatic heterocycles. The molecule has 34 heavy (non-hydrogen) atoms. The third-order valence-electron chi connectivity index (χ3n) is 7.10. The van der Waals surface area contributed by atoms with Crippen molar-refractivity contribution in [2.45, 2.75) is 71.6 Å². The van der Waals surface area contributed by atoms with Gasteiger partial charge in [0.15, 0.2) is 6.29 Å². The summed E-state index contributed by atoms with van der Waals surface area (Å²) in [7, 11) is 1.48. The third-order valence-corrected chi connectivity index (χ3v) is 7.10. The molecule has 0 radical (unpaired) electrons. The fourth-order valence-corrected chi connectivity index (χ4v) is 4.81. The molecule has 0 amide bonds. The molecule has 3 rings (SSSR count). The second-order valence-electron chi connectivity index (χ2n) is 9.01. The molecule has 0 saturated heterocycles. The van der Waals surface area contributed by atoms with Gasteiger partial charge in [0.05, 0.1) is 18.8 Å². The van der Waals surface area contributed by atoms with Crippen LogP contribution in [0.3, 0.4) is 0 Å². The standard InChI is InChI=1S/C28H35NO5/c1-7-17(4)21-11-10-19(31)12-22(21)20(8-2)23-14-29-26(18(23)5)13-25(28(33,9-3)16-30)24(15-34-6)27(29)32/h10-13,16-17,31,33H,5,7-9,14-15H2,1-4,6H3/b23-20-. The fraction of sp³-hybridized carbons (Fsp3) is 0.429. The number of phenols is 1. The first-order chi connectivity index (χ1) is 16.2. The normalized spacial score (nSPS) is 17.3. The van der Waals surface area contributed by atoms with Crippen LogP contribution in [-0.4, -0.2) is 28.2 Å². The molecule has 1 aliphatic heterocycles. The van der Waals surface area contributed by atoms with Gasteiger partial charge in [-0.1, -0.05) is 40.3 Å². The van der Waals surface area contributed by atoms with Crippen LogP contribution in [0.4, 0.5) is 0 Å². The van der Waals surface area contributed by atoms with Crippen molar-refractivity contribution in [2.24, 2.45) is 0 Å². The molecule has 0 fully saturated rings. The maximum atomic E-state index is 13.5. The summed E-state index contributed by atoms with van der Waals surface area (Å²) in [5.41, 5.74) is 3.77. The number of fused-ring (bicyclic) bond motifs is 1. The number of pyridine rings is 1. The van der Waals surface area contributed by atoms with Gasteiger partial charge in [0, 0.05) is 18.2 Å². The van der Waals surface area contributed by atoms with E-state index in [-0.39, 0.29) is 35.5 Å². The highest BCUT2D eigenvalue weighted by Gasteiger charge is 2.35. The van der Waals surface area contributed by atoms with E-state index in [4.69, 9.17) is 4.74 Å². The highest BCUT2D eigenvalue weighted by Crippen LogP contribution is 2.41. The van der Waals surface area contributed by atoms with Gasteiger partial charge in [-0.3, -0.25) is 9.59 Å². The van der Waals surface area contributed by atoms with E-state index < -0.39 is 5.60 Å². The molecule has 0 bridgehead atoms. The zero-order chi connectivity index (χ0) is 25.2. The summed E-state index contributed by atoms with van der Waals surface area (Å²) < 4.78 is 6.89. The Morgan fingerprint density at radius 1 is 1.29 bits per heavy atom. The lowest BCUT2D eigenvalue weighted by Crippen LogP contribution is -2.34. The van der Waals surface area contributed by atoms with Crippen LogP contribution >= 0.6 is 0 Å². The average molecular weight is 466 g/mol. The Morgan fingerprint density at radius 2 is 2.00 bits per heavy atom. The van der Waals surface area contributed by atoms with E-state index in [0.717, 1.165) is 28.7 Å². The van der Waals surface area contributed by atoms with Crippen molar-refractivity contribution in [3.8, 4) is 5.75 Å². The number of hydrogen-bond donors (Lipinski definition) is 2. The number of nitrogens with zero attached hydrogens (tertiary/aromatic N) is 1. The number of aromatic hydroxyl groups is 1. The molecule has 0 spiro atoms. The molecule has 1 aromatic carbocycles. The van der Waals surface area contributed by atoms with Crippen LogP contribution in [0.5, 0.6) is 5.75 Å². The highest BCUT2D eigenvalue weighted by molar-refractivity contribution is 5.91. The Morgan fingerprint density at radius 3 is 2.56 bits per heavy atom. The number of rotatable bonds is 9. The molecule has 1 aliphatic rings. The number of carbonyl (C=O) groups is 1. The lowest BCUT2D eigenvalue weighted by molar-refractivity contribution is -0.125. The molecule has 2 atom stereocenters. The molecule has 2 heterocycles. The van der Waals surface area contributed by atoms with Gasteiger partial charge in [0.1, 0.15) is 11.4 Å². The number of phenolic OH excluding ortho intramolecular Hbond substituents is 1. The summed E-state index contributed by atoms with van der Waals surface area (Å²) in [6.07, 6.45) is 2.26. The van der Waals surface area contributed by atoms with Crippen molar-refractivity contribution in [3.63, 3.8) is 0 Å². The van der Waals surface area contributed by atoms with Crippen LogP contribution in [0.25, 0.3) is 11.1 Å². The van der Waals surface area contributed by atoms with Gasteiger partial charge < -0.3 is 19.5 Å². The van der Waals surface area contributed by atoms with Gasteiger partial charge in [-0.15, -0.1) is 0 Å². The van der Waals surface area contributed by atoms with Gasteiger partial charge in [0.25, 0.3) is 5.56 Å². The number of ether oxygens (including phenoxy) is 1. The minimum Gasteiger partial charge on any atom is -0.508 e. The van der Waals surface area contributed by atoms with E-state index >= 15 is 0 Å². The SMILES string of the molecule is C=C1/C(=C(/CC)c2cc(O)ccc2C(C)CC)Cn2c1cc(C(O)(C=O)CC)c(COC)c2=O. The van der Waals surface area contributed by atoms with Gasteiger partial charge in [-0.2, -0.15) is 0 Å². The predicted octanol–water partition coefficient (Wildman–Crippen LogP) is 4.90. The number of methoxy groups -OCH3 is 1. The summed E-state index contributed by atoms with van der Waals surface area (Å²) in [4.78, 5) is 25.3. The van der Waals surface area contributed by atoms with Crippen LogP contribution in [0.1, 0.15) is 80.8 Å². The second-order valence-corrected chi connectivity index (χ2v) is 9.01. The summed E-state index contributed by atoms with van der Waals surface area (Å²) in [6, 6.07) is 7.16. The second kappa shape index (κ2) is 10.1. The molecule has 6 heteroatoms. The van der Waals surface area contributed by atoms with Crippen molar-refractivity contribution in [3.05, 3.63) is 74.7 Å². The molecule has 0 saturated carbocycles. The van der Waals surface area contributed by atoms with Gasteiger partial charge in [-0.25, -0.2) is 0 Å². The minimum atomic E-state index is -1.78. The van der Waals surface area contributed by atoms with Crippen LogP contribution in [0.2, 0.25) is 0 Å². The number of carbonyl (C=O) groups excluding carboxylic acids is 1. The lowest BCUT2D eigenvalue weighted by Gasteiger charge is -2.24.